The second-order valence-corrected chi connectivity index (χ2v) is 6.30. The highest BCUT2D eigenvalue weighted by Crippen LogP contribution is 2.40. The van der Waals surface area contributed by atoms with Crippen LogP contribution in [0.1, 0.15) is 18.9 Å². The molecule has 3 rings (SSSR count). The minimum Gasteiger partial charge on any atom is -0.494 e. The predicted octanol–water partition coefficient (Wildman–Crippen LogP) is 4.43. The quantitative estimate of drug-likeness (QED) is 0.645. The highest BCUT2D eigenvalue weighted by molar-refractivity contribution is 6.32. The normalized spacial score (nSPS) is 12.0. The highest BCUT2D eigenvalue weighted by Gasteiger charge is 2.18. The third-order valence-electron chi connectivity index (χ3n) is 4.04. The molecule has 0 fully saturated rings. The first-order valence-corrected chi connectivity index (χ1v) is 9.18. The molecule has 1 aliphatic heterocycles. The maximum atomic E-state index is 12.8. The van der Waals surface area contributed by atoms with Gasteiger partial charge >= 0.3 is 0 Å². The molecule has 0 aliphatic carbocycles. The van der Waals surface area contributed by atoms with Crippen molar-refractivity contribution in [2.75, 3.05) is 24.8 Å². The number of halogens is 1. The van der Waals surface area contributed by atoms with Crippen molar-refractivity contribution in [1.82, 2.24) is 0 Å². The molecule has 0 atom stereocenters. The van der Waals surface area contributed by atoms with E-state index in [1.54, 1.807) is 47.4 Å². The van der Waals surface area contributed by atoms with Crippen LogP contribution in [0.25, 0.3) is 6.08 Å². The summed E-state index contributed by atoms with van der Waals surface area (Å²) in [4.78, 5) is 14.3. The van der Waals surface area contributed by atoms with Gasteiger partial charge in [0, 0.05) is 18.3 Å². The Morgan fingerprint density at radius 3 is 2.82 bits per heavy atom. The Balaban J connectivity index is 1.79. The molecule has 0 spiro atoms. The Morgan fingerprint density at radius 1 is 1.32 bits per heavy atom. The molecule has 1 heterocycles. The minimum absolute atomic E-state index is 0.126. The van der Waals surface area contributed by atoms with Gasteiger partial charge in [-0.05, 0) is 55.0 Å². The van der Waals surface area contributed by atoms with E-state index in [1.165, 1.54) is 6.08 Å². The molecule has 0 saturated heterocycles. The van der Waals surface area contributed by atoms with Crippen molar-refractivity contribution in [1.29, 1.82) is 5.26 Å². The lowest BCUT2D eigenvalue weighted by Crippen LogP contribution is -2.30. The molecule has 0 saturated carbocycles. The van der Waals surface area contributed by atoms with Gasteiger partial charge in [-0.15, -0.1) is 0 Å². The summed E-state index contributed by atoms with van der Waals surface area (Å²) < 4.78 is 16.1. The summed E-state index contributed by atoms with van der Waals surface area (Å²) in [6, 6.07) is 12.7. The molecular formula is C21H19ClN2O4. The van der Waals surface area contributed by atoms with Crippen molar-refractivity contribution in [2.45, 2.75) is 13.3 Å². The van der Waals surface area contributed by atoms with Crippen molar-refractivity contribution >= 4 is 29.3 Å². The van der Waals surface area contributed by atoms with E-state index in [4.69, 9.17) is 31.1 Å². The molecule has 7 heteroatoms. The molecule has 1 aliphatic rings. The van der Waals surface area contributed by atoms with Gasteiger partial charge in [-0.3, -0.25) is 4.79 Å². The largest absolute Gasteiger partial charge is 0.494 e. The number of rotatable bonds is 7. The van der Waals surface area contributed by atoms with Gasteiger partial charge in [0.1, 0.15) is 5.75 Å². The van der Waals surface area contributed by atoms with E-state index >= 15 is 0 Å². The van der Waals surface area contributed by atoms with Gasteiger partial charge < -0.3 is 19.1 Å². The van der Waals surface area contributed by atoms with Gasteiger partial charge in [-0.2, -0.15) is 5.26 Å². The van der Waals surface area contributed by atoms with Crippen LogP contribution in [0.15, 0.2) is 42.5 Å². The van der Waals surface area contributed by atoms with E-state index in [-0.39, 0.29) is 25.7 Å². The lowest BCUT2D eigenvalue weighted by atomic mass is 10.1. The molecule has 0 unspecified atom stereocenters. The summed E-state index contributed by atoms with van der Waals surface area (Å²) in [7, 11) is 0. The van der Waals surface area contributed by atoms with Gasteiger partial charge in [0.2, 0.25) is 6.79 Å². The summed E-state index contributed by atoms with van der Waals surface area (Å²) in [5.74, 6) is 1.54. The lowest BCUT2D eigenvalue weighted by Gasteiger charge is -2.20. The van der Waals surface area contributed by atoms with Crippen LogP contribution in [0.3, 0.4) is 0 Å². The maximum absolute atomic E-state index is 12.8. The number of anilines is 1. The number of nitriles is 1. The average molecular weight is 399 g/mol. The van der Waals surface area contributed by atoms with Crippen LogP contribution in [-0.2, 0) is 4.79 Å². The molecule has 2 aromatic rings. The van der Waals surface area contributed by atoms with Crippen molar-refractivity contribution in [3.8, 4) is 23.3 Å². The average Bonchev–Trinajstić information content (AvgIpc) is 3.17. The van der Waals surface area contributed by atoms with Gasteiger partial charge in [0.25, 0.3) is 5.91 Å². The third kappa shape index (κ3) is 4.56. The van der Waals surface area contributed by atoms with Crippen LogP contribution < -0.4 is 19.1 Å². The Bertz CT molecular complexity index is 919. The van der Waals surface area contributed by atoms with E-state index in [0.29, 0.717) is 28.8 Å². The van der Waals surface area contributed by atoms with Crippen LogP contribution in [0.4, 0.5) is 5.69 Å². The Hall–Kier alpha value is -3.17. The molecule has 0 aromatic heterocycles. The van der Waals surface area contributed by atoms with Crippen molar-refractivity contribution in [3.05, 3.63) is 53.1 Å². The third-order valence-corrected chi connectivity index (χ3v) is 4.32. The summed E-state index contributed by atoms with van der Waals surface area (Å²) in [5, 5.41) is 9.35. The van der Waals surface area contributed by atoms with Gasteiger partial charge in [-0.1, -0.05) is 11.6 Å². The molecular weight excluding hydrogens is 380 g/mol. The molecule has 28 heavy (non-hydrogen) atoms. The number of hydrogen-bond donors (Lipinski definition) is 0. The fourth-order valence-electron chi connectivity index (χ4n) is 2.76. The second kappa shape index (κ2) is 9.16. The Kier molecular flexibility index (Phi) is 6.41. The van der Waals surface area contributed by atoms with Gasteiger partial charge in [0.15, 0.2) is 11.5 Å². The molecule has 0 radical (unpaired) electrons. The van der Waals surface area contributed by atoms with E-state index in [9.17, 15) is 4.79 Å². The van der Waals surface area contributed by atoms with E-state index in [2.05, 4.69) is 6.07 Å². The van der Waals surface area contributed by atoms with E-state index in [0.717, 1.165) is 11.3 Å². The fourth-order valence-corrected chi connectivity index (χ4v) is 3.03. The Morgan fingerprint density at radius 2 is 2.11 bits per heavy atom. The number of carbonyl (C=O) groups excluding carboxylic acids is 1. The van der Waals surface area contributed by atoms with E-state index < -0.39 is 0 Å². The molecule has 2 aromatic carbocycles. The summed E-state index contributed by atoms with van der Waals surface area (Å²) >= 11 is 6.18. The van der Waals surface area contributed by atoms with Crippen molar-refractivity contribution in [3.63, 3.8) is 0 Å². The van der Waals surface area contributed by atoms with Crippen LogP contribution in [0.2, 0.25) is 5.02 Å². The molecule has 0 bridgehead atoms. The van der Waals surface area contributed by atoms with Crippen LogP contribution in [0.5, 0.6) is 17.2 Å². The number of fused-ring (bicyclic) bond motifs is 1. The first-order chi connectivity index (χ1) is 13.6. The smallest absolute Gasteiger partial charge is 0.251 e. The molecule has 0 N–H and O–H groups in total. The fraction of sp³-hybridized carbons (Fsp3) is 0.238. The first-order valence-electron chi connectivity index (χ1n) is 8.81. The monoisotopic (exact) mass is 398 g/mol. The minimum atomic E-state index is -0.242. The SMILES string of the molecule is CCOc1ccc(N(CCC#N)C(=O)/C=C/c2cc(Cl)c3c(c2)OCO3)cc1. The second-order valence-electron chi connectivity index (χ2n) is 5.89. The number of amides is 1. The molecule has 6 nitrogen and oxygen atoms in total. The van der Waals surface area contributed by atoms with Gasteiger partial charge in [0.05, 0.1) is 24.1 Å². The number of hydrogen-bond acceptors (Lipinski definition) is 5. The molecule has 144 valence electrons. The zero-order chi connectivity index (χ0) is 19.9. The number of nitrogens with zero attached hydrogens (tertiary/aromatic N) is 2. The predicted molar refractivity (Wildman–Crippen MR) is 107 cm³/mol. The Labute approximate surface area is 168 Å². The lowest BCUT2D eigenvalue weighted by molar-refractivity contribution is -0.114. The summed E-state index contributed by atoms with van der Waals surface area (Å²) in [5.41, 5.74) is 1.41. The topological polar surface area (TPSA) is 71.8 Å². The summed E-state index contributed by atoms with van der Waals surface area (Å²) in [6.45, 7) is 2.89. The van der Waals surface area contributed by atoms with Crippen molar-refractivity contribution < 1.29 is 19.0 Å². The standard InChI is InChI=1S/C21H19ClN2O4/c1-2-26-17-7-5-16(6-8-17)24(11-3-10-23)20(25)9-4-15-12-18(22)21-19(13-15)27-14-28-21/h4-9,12-13H,2-3,11,14H2,1H3/b9-4+. The number of benzene rings is 2. The summed E-state index contributed by atoms with van der Waals surface area (Å²) in [6.07, 6.45) is 3.33. The van der Waals surface area contributed by atoms with Crippen LogP contribution in [-0.4, -0.2) is 25.9 Å². The first kappa shape index (κ1) is 19.6. The number of carbonyl (C=O) groups is 1. The number of ether oxygens (including phenoxy) is 3. The van der Waals surface area contributed by atoms with Crippen LogP contribution >= 0.6 is 11.6 Å². The zero-order valence-corrected chi connectivity index (χ0v) is 16.1. The molecule has 1 amide bonds. The van der Waals surface area contributed by atoms with Crippen molar-refractivity contribution in [2.24, 2.45) is 0 Å². The van der Waals surface area contributed by atoms with Gasteiger partial charge in [-0.25, -0.2) is 0 Å². The highest BCUT2D eigenvalue weighted by atomic mass is 35.5. The maximum Gasteiger partial charge on any atom is 0.251 e. The van der Waals surface area contributed by atoms with E-state index in [1.807, 2.05) is 6.92 Å². The van der Waals surface area contributed by atoms with Crippen LogP contribution in [0, 0.1) is 11.3 Å². The zero-order valence-electron chi connectivity index (χ0n) is 15.4.